The molecule has 0 saturated carbocycles. The van der Waals surface area contributed by atoms with E-state index in [1.807, 2.05) is 12.1 Å². The number of nitrogens with two attached hydrogens (primary N) is 1. The highest BCUT2D eigenvalue weighted by atomic mass is 35.5. The number of rotatable bonds is 5. The van der Waals surface area contributed by atoms with E-state index in [9.17, 15) is 0 Å². The first-order chi connectivity index (χ1) is 9.65. The summed E-state index contributed by atoms with van der Waals surface area (Å²) in [7, 11) is 2.07. The van der Waals surface area contributed by atoms with Crippen LogP contribution in [0, 0.1) is 0 Å². The van der Waals surface area contributed by atoms with Gasteiger partial charge in [-0.1, -0.05) is 30.7 Å². The van der Waals surface area contributed by atoms with E-state index in [0.29, 0.717) is 6.54 Å². The summed E-state index contributed by atoms with van der Waals surface area (Å²) in [6, 6.07) is 14.6. The zero-order valence-electron chi connectivity index (χ0n) is 12.1. The first kappa shape index (κ1) is 14.9. The third kappa shape index (κ3) is 3.33. The van der Waals surface area contributed by atoms with Gasteiger partial charge in [-0.2, -0.15) is 0 Å². The fourth-order valence-electron chi connectivity index (χ4n) is 2.33. The zero-order valence-corrected chi connectivity index (χ0v) is 12.8. The minimum atomic E-state index is 0.621. The Balaban J connectivity index is 2.33. The van der Waals surface area contributed by atoms with E-state index in [0.717, 1.165) is 23.6 Å². The molecule has 0 amide bonds. The lowest BCUT2D eigenvalue weighted by molar-refractivity contribution is 0.961. The average molecular weight is 289 g/mol. The van der Waals surface area contributed by atoms with Gasteiger partial charge in [-0.15, -0.1) is 0 Å². The molecule has 0 aliphatic heterocycles. The summed E-state index contributed by atoms with van der Waals surface area (Å²) in [5.41, 5.74) is 10.6. The van der Waals surface area contributed by atoms with E-state index < -0.39 is 0 Å². The SMILES string of the molecule is CCc1ccc(N(C)c2ccc(Cl)cc2CCN)cc1. The molecule has 2 nitrogen and oxygen atoms in total. The van der Waals surface area contributed by atoms with Gasteiger partial charge < -0.3 is 10.6 Å². The van der Waals surface area contributed by atoms with Gasteiger partial charge in [-0.25, -0.2) is 0 Å². The lowest BCUT2D eigenvalue weighted by Crippen LogP contribution is -2.13. The van der Waals surface area contributed by atoms with Crippen LogP contribution in [0.2, 0.25) is 5.02 Å². The van der Waals surface area contributed by atoms with Crippen LogP contribution in [0.4, 0.5) is 11.4 Å². The molecule has 3 heteroatoms. The second kappa shape index (κ2) is 6.78. The molecule has 106 valence electrons. The second-order valence-corrected chi connectivity index (χ2v) is 5.33. The smallest absolute Gasteiger partial charge is 0.0442 e. The summed E-state index contributed by atoms with van der Waals surface area (Å²) >= 11 is 6.08. The Morgan fingerprint density at radius 3 is 2.40 bits per heavy atom. The van der Waals surface area contributed by atoms with E-state index in [2.05, 4.69) is 49.2 Å². The molecule has 0 atom stereocenters. The average Bonchev–Trinajstić information content (AvgIpc) is 2.47. The van der Waals surface area contributed by atoms with Crippen LogP contribution >= 0.6 is 11.6 Å². The van der Waals surface area contributed by atoms with Gasteiger partial charge in [-0.3, -0.25) is 0 Å². The number of hydrogen-bond acceptors (Lipinski definition) is 2. The van der Waals surface area contributed by atoms with Crippen molar-refractivity contribution >= 4 is 23.0 Å². The van der Waals surface area contributed by atoms with Crippen LogP contribution in [0.15, 0.2) is 42.5 Å². The highest BCUT2D eigenvalue weighted by molar-refractivity contribution is 6.30. The topological polar surface area (TPSA) is 29.3 Å². The predicted octanol–water partition coefficient (Wildman–Crippen LogP) is 4.17. The van der Waals surface area contributed by atoms with Crippen LogP contribution in [0.1, 0.15) is 18.1 Å². The molecule has 0 aliphatic rings. The summed E-state index contributed by atoms with van der Waals surface area (Å²) in [5, 5.41) is 0.756. The van der Waals surface area contributed by atoms with Gasteiger partial charge in [0, 0.05) is 23.4 Å². The molecular weight excluding hydrogens is 268 g/mol. The Morgan fingerprint density at radius 2 is 1.80 bits per heavy atom. The molecule has 2 aromatic carbocycles. The van der Waals surface area contributed by atoms with Crippen LogP contribution in [0.25, 0.3) is 0 Å². The van der Waals surface area contributed by atoms with Gasteiger partial charge in [0.2, 0.25) is 0 Å². The fraction of sp³-hybridized carbons (Fsp3) is 0.294. The number of nitrogens with zero attached hydrogens (tertiary/aromatic N) is 1. The molecule has 20 heavy (non-hydrogen) atoms. The summed E-state index contributed by atoms with van der Waals surface area (Å²) in [6.45, 7) is 2.78. The van der Waals surface area contributed by atoms with Crippen molar-refractivity contribution in [1.82, 2.24) is 0 Å². The van der Waals surface area contributed by atoms with Gasteiger partial charge in [0.1, 0.15) is 0 Å². The van der Waals surface area contributed by atoms with Gasteiger partial charge in [-0.05, 0) is 60.8 Å². The Labute approximate surface area is 126 Å². The molecule has 0 aliphatic carbocycles. The molecule has 0 bridgehead atoms. The number of benzene rings is 2. The molecule has 0 unspecified atom stereocenters. The highest BCUT2D eigenvalue weighted by Gasteiger charge is 2.09. The summed E-state index contributed by atoms with van der Waals surface area (Å²) in [5.74, 6) is 0. The van der Waals surface area contributed by atoms with Crippen LogP contribution in [0.3, 0.4) is 0 Å². The van der Waals surface area contributed by atoms with Crippen LogP contribution in [-0.4, -0.2) is 13.6 Å². The van der Waals surface area contributed by atoms with Gasteiger partial charge in [0.15, 0.2) is 0 Å². The Hall–Kier alpha value is -1.51. The van der Waals surface area contributed by atoms with E-state index in [1.165, 1.54) is 16.8 Å². The van der Waals surface area contributed by atoms with Crippen molar-refractivity contribution in [3.8, 4) is 0 Å². The molecular formula is C17H21ClN2. The Bertz CT molecular complexity index is 564. The summed E-state index contributed by atoms with van der Waals surface area (Å²) in [6.07, 6.45) is 1.89. The van der Waals surface area contributed by atoms with Crippen molar-refractivity contribution in [1.29, 1.82) is 0 Å². The van der Waals surface area contributed by atoms with Gasteiger partial charge in [0.05, 0.1) is 0 Å². The normalized spacial score (nSPS) is 10.6. The quantitative estimate of drug-likeness (QED) is 0.895. The third-order valence-electron chi connectivity index (χ3n) is 3.55. The minimum absolute atomic E-state index is 0.621. The van der Waals surface area contributed by atoms with Crippen LogP contribution < -0.4 is 10.6 Å². The number of halogens is 1. The first-order valence-corrected chi connectivity index (χ1v) is 7.34. The zero-order chi connectivity index (χ0) is 14.5. The van der Waals surface area contributed by atoms with Crippen molar-refractivity contribution in [2.75, 3.05) is 18.5 Å². The maximum Gasteiger partial charge on any atom is 0.0442 e. The molecule has 2 aromatic rings. The second-order valence-electron chi connectivity index (χ2n) is 4.89. The Morgan fingerprint density at radius 1 is 1.10 bits per heavy atom. The summed E-state index contributed by atoms with van der Waals surface area (Å²) < 4.78 is 0. The van der Waals surface area contributed by atoms with Crippen LogP contribution in [-0.2, 0) is 12.8 Å². The maximum absolute atomic E-state index is 6.08. The lowest BCUT2D eigenvalue weighted by atomic mass is 10.1. The van der Waals surface area contributed by atoms with Gasteiger partial charge >= 0.3 is 0 Å². The first-order valence-electron chi connectivity index (χ1n) is 6.97. The lowest BCUT2D eigenvalue weighted by Gasteiger charge is -2.23. The maximum atomic E-state index is 6.08. The van der Waals surface area contributed by atoms with Crippen LogP contribution in [0.5, 0.6) is 0 Å². The fourth-order valence-corrected chi connectivity index (χ4v) is 2.53. The number of aryl methyl sites for hydroxylation is 1. The van der Waals surface area contributed by atoms with E-state index in [1.54, 1.807) is 0 Å². The molecule has 0 aromatic heterocycles. The van der Waals surface area contributed by atoms with Gasteiger partial charge in [0.25, 0.3) is 0 Å². The number of anilines is 2. The van der Waals surface area contributed by atoms with Crippen molar-refractivity contribution in [2.24, 2.45) is 5.73 Å². The van der Waals surface area contributed by atoms with Crippen molar-refractivity contribution < 1.29 is 0 Å². The molecule has 0 saturated heterocycles. The standard InChI is InChI=1S/C17H21ClN2/c1-3-13-4-7-16(8-5-13)20(2)17-9-6-15(18)12-14(17)10-11-19/h4-9,12H,3,10-11,19H2,1-2H3. The monoisotopic (exact) mass is 288 g/mol. The molecule has 0 spiro atoms. The minimum Gasteiger partial charge on any atom is -0.344 e. The molecule has 0 fully saturated rings. The summed E-state index contributed by atoms with van der Waals surface area (Å²) in [4.78, 5) is 2.18. The molecule has 0 radical (unpaired) electrons. The van der Waals surface area contributed by atoms with Crippen molar-refractivity contribution in [3.63, 3.8) is 0 Å². The molecule has 0 heterocycles. The van der Waals surface area contributed by atoms with E-state index in [4.69, 9.17) is 17.3 Å². The molecule has 2 N–H and O–H groups in total. The van der Waals surface area contributed by atoms with Crippen molar-refractivity contribution in [2.45, 2.75) is 19.8 Å². The van der Waals surface area contributed by atoms with E-state index in [-0.39, 0.29) is 0 Å². The van der Waals surface area contributed by atoms with Crippen molar-refractivity contribution in [3.05, 3.63) is 58.6 Å². The predicted molar refractivity (Wildman–Crippen MR) is 88.1 cm³/mol. The highest BCUT2D eigenvalue weighted by Crippen LogP contribution is 2.29. The number of hydrogen-bond donors (Lipinski definition) is 1. The largest absolute Gasteiger partial charge is 0.344 e. The molecule has 2 rings (SSSR count). The third-order valence-corrected chi connectivity index (χ3v) is 3.78. The van der Waals surface area contributed by atoms with E-state index >= 15 is 0 Å². The Kier molecular flexibility index (Phi) is 5.05.